The number of nitrogens with one attached hydrogen (secondary N) is 1. The van der Waals surface area contributed by atoms with Crippen LogP contribution in [0.5, 0.6) is 0 Å². The van der Waals surface area contributed by atoms with Crippen LogP contribution in [-0.4, -0.2) is 51.9 Å². The molecule has 164 valence electrons. The summed E-state index contributed by atoms with van der Waals surface area (Å²) < 4.78 is 0. The molecule has 0 aromatic heterocycles. The molecular formula is C23H33N3O4. The number of benzene rings is 1. The standard InChI is InChI=1S/C23H33N3O4/c1-2-3-4-10-18(15-21(27)24-30)22(28)26-16-19-11-6-5-9-17(19)14-20(26)23(29)25-12-7-8-13-25/h5-6,9,11,18,20,30H,2-4,7-8,10,12-16H2,1H3,(H,24,27)/t18-,20?/m1/s1. The smallest absolute Gasteiger partial charge is 0.245 e. The van der Waals surface area contributed by atoms with Gasteiger partial charge in [0.25, 0.3) is 0 Å². The first kappa shape index (κ1) is 22.3. The van der Waals surface area contributed by atoms with Crippen molar-refractivity contribution in [2.45, 2.75) is 70.9 Å². The van der Waals surface area contributed by atoms with Gasteiger partial charge in [-0.2, -0.15) is 0 Å². The molecule has 1 aromatic rings. The highest BCUT2D eigenvalue weighted by Crippen LogP contribution is 2.29. The average molecular weight is 416 g/mol. The molecule has 2 aliphatic rings. The zero-order chi connectivity index (χ0) is 21.5. The zero-order valence-electron chi connectivity index (χ0n) is 17.8. The van der Waals surface area contributed by atoms with Gasteiger partial charge in [-0.05, 0) is 30.4 Å². The molecule has 0 saturated carbocycles. The average Bonchev–Trinajstić information content (AvgIpc) is 3.31. The third-order valence-corrected chi connectivity index (χ3v) is 6.30. The van der Waals surface area contributed by atoms with E-state index in [0.717, 1.165) is 56.3 Å². The van der Waals surface area contributed by atoms with Crippen LogP contribution in [0.25, 0.3) is 0 Å². The molecule has 30 heavy (non-hydrogen) atoms. The summed E-state index contributed by atoms with van der Waals surface area (Å²) in [5, 5.41) is 8.98. The third kappa shape index (κ3) is 5.19. The number of rotatable bonds is 8. The van der Waals surface area contributed by atoms with E-state index in [4.69, 9.17) is 5.21 Å². The first-order valence-electron chi connectivity index (χ1n) is 11.1. The van der Waals surface area contributed by atoms with Crippen LogP contribution in [0.1, 0.15) is 63.0 Å². The molecule has 7 nitrogen and oxygen atoms in total. The summed E-state index contributed by atoms with van der Waals surface area (Å²) in [6.07, 6.45) is 5.83. The minimum atomic E-state index is -0.565. The Morgan fingerprint density at radius 3 is 2.50 bits per heavy atom. The van der Waals surface area contributed by atoms with Crippen LogP contribution >= 0.6 is 0 Å². The number of nitrogens with zero attached hydrogens (tertiary/aromatic N) is 2. The predicted molar refractivity (Wildman–Crippen MR) is 112 cm³/mol. The van der Waals surface area contributed by atoms with Crippen molar-refractivity contribution < 1.29 is 19.6 Å². The van der Waals surface area contributed by atoms with E-state index < -0.39 is 17.9 Å². The molecule has 7 heteroatoms. The van der Waals surface area contributed by atoms with Crippen LogP contribution in [0, 0.1) is 5.92 Å². The van der Waals surface area contributed by atoms with Gasteiger partial charge in [0, 0.05) is 38.4 Å². The Labute approximate surface area is 178 Å². The molecular weight excluding hydrogens is 382 g/mol. The molecule has 0 aliphatic carbocycles. The van der Waals surface area contributed by atoms with Crippen molar-refractivity contribution in [2.24, 2.45) is 5.92 Å². The SMILES string of the molecule is CCCCC[C@H](CC(=O)NO)C(=O)N1Cc2ccccc2CC1C(=O)N1CCCC1. The predicted octanol–water partition coefficient (Wildman–Crippen LogP) is 2.65. The van der Waals surface area contributed by atoms with E-state index in [-0.39, 0.29) is 18.2 Å². The fraction of sp³-hybridized carbons (Fsp3) is 0.609. The molecule has 1 unspecified atom stereocenters. The molecule has 0 bridgehead atoms. The number of amides is 3. The van der Waals surface area contributed by atoms with Crippen molar-refractivity contribution in [2.75, 3.05) is 13.1 Å². The Balaban J connectivity index is 1.85. The van der Waals surface area contributed by atoms with Crippen LogP contribution < -0.4 is 5.48 Å². The number of carbonyl (C=O) groups excluding carboxylic acids is 3. The topological polar surface area (TPSA) is 90.0 Å². The van der Waals surface area contributed by atoms with Crippen LogP contribution in [0.3, 0.4) is 0 Å². The van der Waals surface area contributed by atoms with Crippen molar-refractivity contribution in [3.8, 4) is 0 Å². The summed E-state index contributed by atoms with van der Waals surface area (Å²) in [6.45, 7) is 3.95. The fourth-order valence-electron chi connectivity index (χ4n) is 4.58. The van der Waals surface area contributed by atoms with E-state index in [0.29, 0.717) is 19.4 Å². The fourth-order valence-corrected chi connectivity index (χ4v) is 4.58. The van der Waals surface area contributed by atoms with Crippen molar-refractivity contribution in [1.82, 2.24) is 15.3 Å². The molecule has 2 aliphatic heterocycles. The third-order valence-electron chi connectivity index (χ3n) is 6.30. The molecule has 1 aromatic carbocycles. The first-order chi connectivity index (χ1) is 14.5. The second kappa shape index (κ2) is 10.6. The maximum absolute atomic E-state index is 13.6. The zero-order valence-corrected chi connectivity index (χ0v) is 17.8. The molecule has 1 saturated heterocycles. The van der Waals surface area contributed by atoms with Gasteiger partial charge >= 0.3 is 0 Å². The minimum absolute atomic E-state index is 0.00858. The number of carbonyl (C=O) groups is 3. The molecule has 0 radical (unpaired) electrons. The Morgan fingerprint density at radius 2 is 1.83 bits per heavy atom. The molecule has 2 heterocycles. The van der Waals surface area contributed by atoms with Crippen molar-refractivity contribution >= 4 is 17.7 Å². The molecule has 3 rings (SSSR count). The number of hydrogen-bond donors (Lipinski definition) is 2. The van der Waals surface area contributed by atoms with Gasteiger partial charge in [-0.15, -0.1) is 0 Å². The monoisotopic (exact) mass is 415 g/mol. The second-order valence-electron chi connectivity index (χ2n) is 8.42. The van der Waals surface area contributed by atoms with E-state index in [1.807, 2.05) is 29.2 Å². The highest BCUT2D eigenvalue weighted by molar-refractivity contribution is 5.91. The van der Waals surface area contributed by atoms with Gasteiger partial charge in [0.15, 0.2) is 0 Å². The van der Waals surface area contributed by atoms with Gasteiger partial charge in [0.2, 0.25) is 17.7 Å². The van der Waals surface area contributed by atoms with Gasteiger partial charge in [0.05, 0.1) is 0 Å². The van der Waals surface area contributed by atoms with E-state index >= 15 is 0 Å². The number of hydroxylamine groups is 1. The quantitative estimate of drug-likeness (QED) is 0.388. The van der Waals surface area contributed by atoms with Gasteiger partial charge in [-0.25, -0.2) is 5.48 Å². The van der Waals surface area contributed by atoms with Gasteiger partial charge < -0.3 is 9.80 Å². The normalized spacial score (nSPS) is 19.3. The molecule has 2 N–H and O–H groups in total. The molecule has 1 fully saturated rings. The lowest BCUT2D eigenvalue weighted by Crippen LogP contribution is -2.54. The van der Waals surface area contributed by atoms with Gasteiger partial charge in [0.1, 0.15) is 6.04 Å². The minimum Gasteiger partial charge on any atom is -0.341 e. The van der Waals surface area contributed by atoms with Crippen LogP contribution in [0.15, 0.2) is 24.3 Å². The highest BCUT2D eigenvalue weighted by atomic mass is 16.5. The second-order valence-corrected chi connectivity index (χ2v) is 8.42. The largest absolute Gasteiger partial charge is 0.341 e. The van der Waals surface area contributed by atoms with Crippen molar-refractivity contribution in [1.29, 1.82) is 0 Å². The van der Waals surface area contributed by atoms with Crippen LogP contribution in [0.2, 0.25) is 0 Å². The van der Waals surface area contributed by atoms with Crippen LogP contribution in [0.4, 0.5) is 0 Å². The lowest BCUT2D eigenvalue weighted by Gasteiger charge is -2.39. The Bertz CT molecular complexity index is 761. The Kier molecular flexibility index (Phi) is 7.85. The number of fused-ring (bicyclic) bond motifs is 1. The molecule has 0 spiro atoms. The van der Waals surface area contributed by atoms with Crippen molar-refractivity contribution in [3.05, 3.63) is 35.4 Å². The summed E-state index contributed by atoms with van der Waals surface area (Å²) in [5.74, 6) is -1.26. The number of likely N-dealkylation sites (tertiary alicyclic amines) is 1. The summed E-state index contributed by atoms with van der Waals surface area (Å²) in [7, 11) is 0. The van der Waals surface area contributed by atoms with Gasteiger partial charge in [-0.3, -0.25) is 19.6 Å². The lowest BCUT2D eigenvalue weighted by molar-refractivity contribution is -0.150. The van der Waals surface area contributed by atoms with Crippen molar-refractivity contribution in [3.63, 3.8) is 0 Å². The maximum Gasteiger partial charge on any atom is 0.245 e. The number of hydrogen-bond acceptors (Lipinski definition) is 4. The van der Waals surface area contributed by atoms with E-state index in [9.17, 15) is 14.4 Å². The van der Waals surface area contributed by atoms with Crippen LogP contribution in [-0.2, 0) is 27.3 Å². The Morgan fingerprint density at radius 1 is 1.13 bits per heavy atom. The summed E-state index contributed by atoms with van der Waals surface area (Å²) in [4.78, 5) is 42.3. The van der Waals surface area contributed by atoms with E-state index in [1.54, 1.807) is 10.4 Å². The van der Waals surface area contributed by atoms with E-state index in [2.05, 4.69) is 6.92 Å². The molecule has 2 atom stereocenters. The first-order valence-corrected chi connectivity index (χ1v) is 11.1. The lowest BCUT2D eigenvalue weighted by atomic mass is 9.89. The summed E-state index contributed by atoms with van der Waals surface area (Å²) in [5.41, 5.74) is 3.81. The maximum atomic E-state index is 13.6. The summed E-state index contributed by atoms with van der Waals surface area (Å²) >= 11 is 0. The Hall–Kier alpha value is -2.41. The summed E-state index contributed by atoms with van der Waals surface area (Å²) in [6, 6.07) is 7.41. The van der Waals surface area contributed by atoms with E-state index in [1.165, 1.54) is 0 Å². The number of unbranched alkanes of at least 4 members (excludes halogenated alkanes) is 2. The highest BCUT2D eigenvalue weighted by Gasteiger charge is 2.39. The molecule has 3 amide bonds. The van der Waals surface area contributed by atoms with Gasteiger partial charge in [-0.1, -0.05) is 50.5 Å².